The molecule has 0 saturated heterocycles. The number of aliphatic hydroxyl groups excluding tert-OH is 1. The van der Waals surface area contributed by atoms with Crippen molar-refractivity contribution in [2.45, 2.75) is 6.18 Å². The Morgan fingerprint density at radius 3 is 2.40 bits per heavy atom. The summed E-state index contributed by atoms with van der Waals surface area (Å²) in [6.45, 7) is -0.713. The van der Waals surface area contributed by atoms with Crippen LogP contribution in [0.2, 0.25) is 0 Å². The van der Waals surface area contributed by atoms with Crippen molar-refractivity contribution in [1.82, 2.24) is 10.0 Å². The standard InChI is InChI=1S/C20H19F3N2O4S/c21-20(22,23)18-14-15(6-8-17(18)16-4-2-1-3-5-16)7-9-19(27)24-10-11-25-30(28,29)13-12-26/h1-6,8,14,25-26H,10-13H2,(H,24,27). The van der Waals surface area contributed by atoms with E-state index in [4.69, 9.17) is 5.11 Å². The third-order valence-corrected chi connectivity index (χ3v) is 5.19. The van der Waals surface area contributed by atoms with Gasteiger partial charge in [-0.25, -0.2) is 13.1 Å². The Morgan fingerprint density at radius 1 is 1.07 bits per heavy atom. The first-order chi connectivity index (χ1) is 14.1. The molecule has 10 heteroatoms. The van der Waals surface area contributed by atoms with E-state index in [1.807, 2.05) is 0 Å². The number of sulfonamides is 1. The van der Waals surface area contributed by atoms with Gasteiger partial charge in [-0.05, 0) is 23.3 Å². The van der Waals surface area contributed by atoms with E-state index in [1.54, 1.807) is 30.3 Å². The van der Waals surface area contributed by atoms with Gasteiger partial charge in [0.2, 0.25) is 10.0 Å². The zero-order chi connectivity index (χ0) is 22.2. The van der Waals surface area contributed by atoms with Gasteiger partial charge in [0.1, 0.15) is 0 Å². The number of carbonyl (C=O) groups is 1. The lowest BCUT2D eigenvalue weighted by atomic mass is 9.97. The Bertz CT molecular complexity index is 1040. The number of benzene rings is 2. The van der Waals surface area contributed by atoms with Gasteiger partial charge >= 0.3 is 6.18 Å². The van der Waals surface area contributed by atoms with Gasteiger partial charge in [-0.1, -0.05) is 42.3 Å². The number of alkyl halides is 3. The van der Waals surface area contributed by atoms with Crippen LogP contribution >= 0.6 is 0 Å². The van der Waals surface area contributed by atoms with Gasteiger partial charge in [0.25, 0.3) is 5.91 Å². The Kier molecular flexibility index (Phi) is 8.00. The second-order valence-corrected chi connectivity index (χ2v) is 7.99. The van der Waals surface area contributed by atoms with Crippen LogP contribution in [0.15, 0.2) is 48.5 Å². The fourth-order valence-electron chi connectivity index (χ4n) is 2.47. The number of rotatable bonds is 7. The lowest BCUT2D eigenvalue weighted by Gasteiger charge is -2.13. The third kappa shape index (κ3) is 7.18. The molecule has 6 nitrogen and oxygen atoms in total. The van der Waals surface area contributed by atoms with E-state index in [9.17, 15) is 26.4 Å². The van der Waals surface area contributed by atoms with Crippen molar-refractivity contribution in [3.05, 3.63) is 59.7 Å². The number of nitrogens with one attached hydrogen (secondary N) is 2. The molecule has 0 bridgehead atoms. The second-order valence-electron chi connectivity index (χ2n) is 6.07. The summed E-state index contributed by atoms with van der Waals surface area (Å²) in [5.74, 6) is 3.33. The maximum Gasteiger partial charge on any atom is 0.417 e. The van der Waals surface area contributed by atoms with E-state index in [-0.39, 0.29) is 24.2 Å². The van der Waals surface area contributed by atoms with Crippen LogP contribution < -0.4 is 10.0 Å². The molecular formula is C20H19F3N2O4S. The lowest BCUT2D eigenvalue weighted by Crippen LogP contribution is -2.35. The van der Waals surface area contributed by atoms with E-state index in [0.29, 0.717) is 5.56 Å². The summed E-state index contributed by atoms with van der Waals surface area (Å²) < 4.78 is 65.2. The normalized spacial score (nSPS) is 11.5. The molecule has 0 heterocycles. The Balaban J connectivity index is 2.07. The first-order valence-corrected chi connectivity index (χ1v) is 10.4. The molecular weight excluding hydrogens is 421 g/mol. The second kappa shape index (κ2) is 10.2. The fraction of sp³-hybridized carbons (Fsp3) is 0.250. The monoisotopic (exact) mass is 440 g/mol. The number of hydrogen-bond acceptors (Lipinski definition) is 4. The minimum absolute atomic E-state index is 0.00765. The number of carbonyl (C=O) groups excluding carboxylic acids is 1. The van der Waals surface area contributed by atoms with Crippen molar-refractivity contribution in [2.75, 3.05) is 25.4 Å². The molecule has 0 aliphatic carbocycles. The quantitative estimate of drug-likeness (QED) is 0.452. The molecule has 2 rings (SSSR count). The van der Waals surface area contributed by atoms with Gasteiger partial charge in [-0.3, -0.25) is 4.79 Å². The van der Waals surface area contributed by atoms with Crippen LogP contribution in [0.25, 0.3) is 11.1 Å². The lowest BCUT2D eigenvalue weighted by molar-refractivity contribution is -0.137. The van der Waals surface area contributed by atoms with E-state index >= 15 is 0 Å². The summed E-state index contributed by atoms with van der Waals surface area (Å²) in [5, 5.41) is 10.9. The number of amides is 1. The molecule has 0 spiro atoms. The molecule has 0 aromatic heterocycles. The molecule has 0 aliphatic heterocycles. The molecule has 0 fully saturated rings. The van der Waals surface area contributed by atoms with Gasteiger partial charge < -0.3 is 10.4 Å². The fourth-order valence-corrected chi connectivity index (χ4v) is 3.27. The average molecular weight is 440 g/mol. The average Bonchev–Trinajstić information content (AvgIpc) is 2.69. The highest BCUT2D eigenvalue weighted by molar-refractivity contribution is 7.89. The highest BCUT2D eigenvalue weighted by atomic mass is 32.2. The van der Waals surface area contributed by atoms with Crippen molar-refractivity contribution in [2.24, 2.45) is 0 Å². The maximum absolute atomic E-state index is 13.5. The minimum atomic E-state index is -4.60. The number of aliphatic hydroxyl groups is 1. The van der Waals surface area contributed by atoms with Crippen LogP contribution in [0, 0.1) is 11.8 Å². The molecule has 0 saturated carbocycles. The van der Waals surface area contributed by atoms with Gasteiger partial charge in [0.05, 0.1) is 17.9 Å². The molecule has 0 atom stereocenters. The molecule has 3 N–H and O–H groups in total. The van der Waals surface area contributed by atoms with Crippen LogP contribution in [0.1, 0.15) is 11.1 Å². The molecule has 2 aromatic rings. The predicted molar refractivity (Wildman–Crippen MR) is 106 cm³/mol. The van der Waals surface area contributed by atoms with E-state index < -0.39 is 40.0 Å². The van der Waals surface area contributed by atoms with Crippen molar-refractivity contribution in [3.8, 4) is 23.0 Å². The van der Waals surface area contributed by atoms with E-state index in [2.05, 4.69) is 21.9 Å². The molecule has 0 radical (unpaired) electrons. The zero-order valence-electron chi connectivity index (χ0n) is 15.7. The first-order valence-electron chi connectivity index (χ1n) is 8.77. The van der Waals surface area contributed by atoms with Gasteiger partial charge in [-0.15, -0.1) is 0 Å². The molecule has 1 amide bonds. The summed E-state index contributed by atoms with van der Waals surface area (Å²) in [7, 11) is -3.62. The Hall–Kier alpha value is -2.87. The number of halogens is 3. The summed E-state index contributed by atoms with van der Waals surface area (Å²) in [6.07, 6.45) is -4.60. The van der Waals surface area contributed by atoms with Crippen molar-refractivity contribution in [3.63, 3.8) is 0 Å². The highest BCUT2D eigenvalue weighted by Gasteiger charge is 2.33. The molecule has 30 heavy (non-hydrogen) atoms. The van der Waals surface area contributed by atoms with Crippen LogP contribution in [-0.2, 0) is 21.0 Å². The maximum atomic E-state index is 13.5. The van der Waals surface area contributed by atoms with Gasteiger partial charge in [0.15, 0.2) is 0 Å². The minimum Gasteiger partial charge on any atom is -0.395 e. The summed E-state index contributed by atoms with van der Waals surface area (Å²) >= 11 is 0. The Labute approximate surface area is 172 Å². The largest absolute Gasteiger partial charge is 0.417 e. The van der Waals surface area contributed by atoms with Gasteiger partial charge in [0, 0.05) is 24.6 Å². The number of hydrogen-bond donors (Lipinski definition) is 3. The van der Waals surface area contributed by atoms with Crippen LogP contribution in [-0.4, -0.2) is 44.9 Å². The van der Waals surface area contributed by atoms with Crippen molar-refractivity contribution >= 4 is 15.9 Å². The predicted octanol–water partition coefficient (Wildman–Crippen LogP) is 1.75. The molecule has 0 unspecified atom stereocenters. The topological polar surface area (TPSA) is 95.5 Å². The SMILES string of the molecule is O=C(C#Cc1ccc(-c2ccccc2)c(C(F)(F)F)c1)NCCNS(=O)(=O)CCO. The van der Waals surface area contributed by atoms with Crippen molar-refractivity contribution < 1.29 is 31.5 Å². The smallest absolute Gasteiger partial charge is 0.395 e. The van der Waals surface area contributed by atoms with Crippen LogP contribution in [0.3, 0.4) is 0 Å². The first kappa shape index (κ1) is 23.4. The van der Waals surface area contributed by atoms with E-state index in [0.717, 1.165) is 6.07 Å². The summed E-state index contributed by atoms with van der Waals surface area (Å²) in [5.41, 5.74) is -0.431. The van der Waals surface area contributed by atoms with Gasteiger partial charge in [-0.2, -0.15) is 13.2 Å². The molecule has 2 aromatic carbocycles. The van der Waals surface area contributed by atoms with Crippen LogP contribution in [0.5, 0.6) is 0 Å². The molecule has 0 aliphatic rings. The zero-order valence-corrected chi connectivity index (χ0v) is 16.5. The summed E-state index contributed by atoms with van der Waals surface area (Å²) in [4.78, 5) is 11.7. The van der Waals surface area contributed by atoms with Crippen LogP contribution in [0.4, 0.5) is 13.2 Å². The Morgan fingerprint density at radius 2 is 1.77 bits per heavy atom. The molecule has 160 valence electrons. The third-order valence-electron chi connectivity index (χ3n) is 3.82. The van der Waals surface area contributed by atoms with E-state index in [1.165, 1.54) is 12.1 Å². The highest BCUT2D eigenvalue weighted by Crippen LogP contribution is 2.37. The summed E-state index contributed by atoms with van der Waals surface area (Å²) in [6, 6.07) is 11.7. The van der Waals surface area contributed by atoms with Crippen molar-refractivity contribution in [1.29, 1.82) is 0 Å².